The van der Waals surface area contributed by atoms with Gasteiger partial charge in [-0.3, -0.25) is 4.79 Å². The molecule has 0 saturated carbocycles. The van der Waals surface area contributed by atoms with Gasteiger partial charge in [-0.2, -0.15) is 0 Å². The number of carbonyl (C=O) groups is 2. The Morgan fingerprint density at radius 1 is 1.54 bits per heavy atom. The van der Waals surface area contributed by atoms with Crippen LogP contribution < -0.4 is 11.5 Å². The van der Waals surface area contributed by atoms with Gasteiger partial charge in [0.2, 0.25) is 0 Å². The van der Waals surface area contributed by atoms with Crippen LogP contribution in [0.4, 0.5) is 0 Å². The second-order valence-corrected chi connectivity index (χ2v) is 2.46. The SMILES string of the molecule is CC=O.NCCCC[C@H](N)C(=O)O. The molecule has 5 nitrogen and oxygen atoms in total. The monoisotopic (exact) mass is 190 g/mol. The van der Waals surface area contributed by atoms with Crippen molar-refractivity contribution in [3.8, 4) is 0 Å². The van der Waals surface area contributed by atoms with Crippen LogP contribution >= 0.6 is 0 Å². The van der Waals surface area contributed by atoms with E-state index in [1.165, 1.54) is 6.92 Å². The maximum absolute atomic E-state index is 10.1. The fourth-order valence-electron chi connectivity index (χ4n) is 0.632. The molecule has 13 heavy (non-hydrogen) atoms. The van der Waals surface area contributed by atoms with E-state index in [1.54, 1.807) is 0 Å². The fraction of sp³-hybridized carbons (Fsp3) is 0.750. The standard InChI is InChI=1S/C6H14N2O2.C2H4O/c7-4-2-1-3-5(8)6(9)10;1-2-3/h5H,1-4,7-8H2,(H,9,10);2H,1H3/t5-;/m0./s1. The molecular formula is C8H18N2O3. The molecule has 0 aliphatic rings. The summed E-state index contributed by atoms with van der Waals surface area (Å²) in [5, 5.41) is 8.33. The summed E-state index contributed by atoms with van der Waals surface area (Å²) in [7, 11) is 0. The summed E-state index contributed by atoms with van der Waals surface area (Å²) >= 11 is 0. The number of hydrogen-bond donors (Lipinski definition) is 3. The van der Waals surface area contributed by atoms with Gasteiger partial charge in [0.25, 0.3) is 0 Å². The molecular weight excluding hydrogens is 172 g/mol. The smallest absolute Gasteiger partial charge is 0.320 e. The lowest BCUT2D eigenvalue weighted by atomic mass is 10.1. The van der Waals surface area contributed by atoms with Crippen molar-refractivity contribution in [2.45, 2.75) is 32.2 Å². The highest BCUT2D eigenvalue weighted by Crippen LogP contribution is 1.96. The average Bonchev–Trinajstić information content (AvgIpc) is 2.06. The zero-order chi connectivity index (χ0) is 10.7. The Hall–Kier alpha value is -0.940. The molecule has 5 N–H and O–H groups in total. The highest BCUT2D eigenvalue weighted by molar-refractivity contribution is 5.72. The number of unbranched alkanes of at least 4 members (excludes halogenated alkanes) is 1. The van der Waals surface area contributed by atoms with E-state index >= 15 is 0 Å². The van der Waals surface area contributed by atoms with E-state index in [0.29, 0.717) is 13.0 Å². The molecule has 0 spiro atoms. The molecule has 0 unspecified atom stereocenters. The van der Waals surface area contributed by atoms with Crippen LogP contribution in [0.2, 0.25) is 0 Å². The van der Waals surface area contributed by atoms with E-state index in [9.17, 15) is 4.79 Å². The first-order valence-corrected chi connectivity index (χ1v) is 4.18. The van der Waals surface area contributed by atoms with Crippen LogP contribution in [0.3, 0.4) is 0 Å². The molecule has 0 radical (unpaired) electrons. The minimum atomic E-state index is -0.933. The number of rotatable bonds is 5. The van der Waals surface area contributed by atoms with Crippen LogP contribution in [0.1, 0.15) is 26.2 Å². The summed E-state index contributed by atoms with van der Waals surface area (Å²) in [6.07, 6.45) is 2.91. The molecule has 0 aromatic heterocycles. The van der Waals surface area contributed by atoms with Crippen LogP contribution in [0, 0.1) is 0 Å². The van der Waals surface area contributed by atoms with Crippen LogP contribution in [-0.4, -0.2) is 29.9 Å². The third-order valence-corrected chi connectivity index (χ3v) is 1.29. The van der Waals surface area contributed by atoms with Gasteiger partial charge in [0, 0.05) is 0 Å². The predicted molar refractivity (Wildman–Crippen MR) is 50.3 cm³/mol. The molecule has 0 saturated heterocycles. The number of carboxylic acid groups (broad SMARTS) is 1. The first-order chi connectivity index (χ1) is 6.09. The number of aldehydes is 1. The number of nitrogens with two attached hydrogens (primary N) is 2. The number of hydrogen-bond acceptors (Lipinski definition) is 4. The molecule has 0 heterocycles. The summed E-state index contributed by atoms with van der Waals surface area (Å²) in [4.78, 5) is 18.9. The summed E-state index contributed by atoms with van der Waals surface area (Å²) < 4.78 is 0. The molecule has 0 aliphatic heterocycles. The van der Waals surface area contributed by atoms with Gasteiger partial charge in [0.1, 0.15) is 12.3 Å². The Balaban J connectivity index is 0. The van der Waals surface area contributed by atoms with E-state index in [4.69, 9.17) is 21.4 Å². The first kappa shape index (κ1) is 14.6. The third-order valence-electron chi connectivity index (χ3n) is 1.29. The topological polar surface area (TPSA) is 106 Å². The molecule has 0 aliphatic carbocycles. The van der Waals surface area contributed by atoms with Gasteiger partial charge in [-0.05, 0) is 26.3 Å². The Morgan fingerprint density at radius 2 is 2.00 bits per heavy atom. The number of carbonyl (C=O) groups excluding carboxylic acids is 1. The highest BCUT2D eigenvalue weighted by atomic mass is 16.4. The van der Waals surface area contributed by atoms with Gasteiger partial charge in [-0.1, -0.05) is 6.42 Å². The molecule has 78 valence electrons. The van der Waals surface area contributed by atoms with Crippen molar-refractivity contribution in [2.75, 3.05) is 6.54 Å². The fourth-order valence-corrected chi connectivity index (χ4v) is 0.632. The Kier molecular flexibility index (Phi) is 12.4. The predicted octanol–water partition coefficient (Wildman–Crippen LogP) is -0.267. The lowest BCUT2D eigenvalue weighted by molar-refractivity contribution is -0.138. The van der Waals surface area contributed by atoms with Crippen LogP contribution in [0.15, 0.2) is 0 Å². The Labute approximate surface area is 78.1 Å². The molecule has 1 atom stereocenters. The second kappa shape index (κ2) is 11.1. The van der Waals surface area contributed by atoms with E-state index in [2.05, 4.69) is 0 Å². The quantitative estimate of drug-likeness (QED) is 0.409. The highest BCUT2D eigenvalue weighted by Gasteiger charge is 2.09. The van der Waals surface area contributed by atoms with Crippen LogP contribution in [0.5, 0.6) is 0 Å². The second-order valence-electron chi connectivity index (χ2n) is 2.46. The maximum atomic E-state index is 10.1. The molecule has 0 rings (SSSR count). The largest absolute Gasteiger partial charge is 0.480 e. The number of carboxylic acids is 1. The number of aliphatic carboxylic acids is 1. The molecule has 0 bridgehead atoms. The summed E-state index contributed by atoms with van der Waals surface area (Å²) in [5.41, 5.74) is 10.4. The summed E-state index contributed by atoms with van der Waals surface area (Å²) in [6, 6.07) is -0.716. The molecule has 0 aromatic rings. The average molecular weight is 190 g/mol. The summed E-state index contributed by atoms with van der Waals surface area (Å²) in [6.45, 7) is 2.05. The van der Waals surface area contributed by atoms with Crippen molar-refractivity contribution in [2.24, 2.45) is 11.5 Å². The molecule has 0 aromatic carbocycles. The molecule has 0 fully saturated rings. The van der Waals surface area contributed by atoms with Crippen molar-refractivity contribution in [1.82, 2.24) is 0 Å². The Bertz CT molecular complexity index is 139. The lowest BCUT2D eigenvalue weighted by Crippen LogP contribution is -2.29. The maximum Gasteiger partial charge on any atom is 0.320 e. The van der Waals surface area contributed by atoms with E-state index in [1.807, 2.05) is 0 Å². The third kappa shape index (κ3) is 14.0. The summed E-state index contributed by atoms with van der Waals surface area (Å²) in [5.74, 6) is -0.933. The van der Waals surface area contributed by atoms with Gasteiger partial charge in [0.05, 0.1) is 0 Å². The zero-order valence-electron chi connectivity index (χ0n) is 7.90. The van der Waals surface area contributed by atoms with E-state index < -0.39 is 12.0 Å². The molecule has 5 heteroatoms. The van der Waals surface area contributed by atoms with Crippen molar-refractivity contribution in [3.63, 3.8) is 0 Å². The van der Waals surface area contributed by atoms with Gasteiger partial charge in [0.15, 0.2) is 0 Å². The van der Waals surface area contributed by atoms with Crippen molar-refractivity contribution < 1.29 is 14.7 Å². The van der Waals surface area contributed by atoms with Gasteiger partial charge in [-0.25, -0.2) is 0 Å². The zero-order valence-corrected chi connectivity index (χ0v) is 7.90. The first-order valence-electron chi connectivity index (χ1n) is 4.18. The van der Waals surface area contributed by atoms with Crippen LogP contribution in [-0.2, 0) is 9.59 Å². The van der Waals surface area contributed by atoms with E-state index in [-0.39, 0.29) is 0 Å². The van der Waals surface area contributed by atoms with Gasteiger partial charge < -0.3 is 21.4 Å². The minimum absolute atomic E-state index is 0.520. The van der Waals surface area contributed by atoms with Crippen molar-refractivity contribution in [1.29, 1.82) is 0 Å². The van der Waals surface area contributed by atoms with Gasteiger partial charge >= 0.3 is 5.97 Å². The van der Waals surface area contributed by atoms with Gasteiger partial charge in [-0.15, -0.1) is 0 Å². The minimum Gasteiger partial charge on any atom is -0.480 e. The normalized spacial score (nSPS) is 11.0. The molecule has 0 amide bonds. The van der Waals surface area contributed by atoms with Crippen molar-refractivity contribution >= 4 is 12.3 Å². The van der Waals surface area contributed by atoms with Crippen LogP contribution in [0.25, 0.3) is 0 Å². The van der Waals surface area contributed by atoms with Crippen molar-refractivity contribution in [3.05, 3.63) is 0 Å². The van der Waals surface area contributed by atoms with E-state index in [0.717, 1.165) is 19.1 Å². The Morgan fingerprint density at radius 3 is 2.31 bits per heavy atom. The lowest BCUT2D eigenvalue weighted by Gasteiger charge is -2.03.